The van der Waals surface area contributed by atoms with E-state index in [0.717, 1.165) is 16.8 Å². The van der Waals surface area contributed by atoms with Crippen LogP contribution in [0.15, 0.2) is 18.2 Å². The Morgan fingerprint density at radius 1 is 1.33 bits per heavy atom. The lowest BCUT2D eigenvalue weighted by Crippen LogP contribution is -2.22. The summed E-state index contributed by atoms with van der Waals surface area (Å²) in [6.45, 7) is 12.2. The van der Waals surface area contributed by atoms with Crippen molar-refractivity contribution in [3.05, 3.63) is 28.5 Å². The molecule has 1 aromatic carbocycles. The molecule has 0 fully saturated rings. The van der Waals surface area contributed by atoms with E-state index in [1.807, 2.05) is 0 Å². The van der Waals surface area contributed by atoms with E-state index in [1.165, 1.54) is 11.1 Å². The second kappa shape index (κ2) is 4.54. The molecule has 1 N–H and O–H groups in total. The first kappa shape index (κ1) is 13.3. The number of nitrogens with one attached hydrogen (secondary N) is 1. The maximum atomic E-state index is 5.46. The Morgan fingerprint density at radius 2 is 2.00 bits per heavy atom. The molecule has 0 radical (unpaired) electrons. The lowest BCUT2D eigenvalue weighted by atomic mass is 9.82. The van der Waals surface area contributed by atoms with E-state index in [1.54, 1.807) is 0 Å². The average Bonchev–Trinajstić information content (AvgIpc) is 2.55. The number of fused-ring (bicyclic) bond motifs is 1. The van der Waals surface area contributed by atoms with Crippen LogP contribution in [0.3, 0.4) is 0 Å². The minimum atomic E-state index is 0.293. The number of benzene rings is 1. The maximum Gasteiger partial charge on any atom is 0.178 e. The van der Waals surface area contributed by atoms with Crippen LogP contribution in [0, 0.1) is 23.0 Å². The molecule has 98 valence electrons. The molecule has 3 heteroatoms. The number of hydrogen-bond acceptors (Lipinski definition) is 1. The molecule has 2 nitrogen and oxygen atoms in total. The lowest BCUT2D eigenvalue weighted by molar-refractivity contribution is 0.234. The van der Waals surface area contributed by atoms with Crippen LogP contribution >= 0.6 is 12.2 Å². The van der Waals surface area contributed by atoms with Gasteiger partial charge in [0.25, 0.3) is 0 Å². The van der Waals surface area contributed by atoms with Gasteiger partial charge in [0.05, 0.1) is 11.0 Å². The van der Waals surface area contributed by atoms with Crippen LogP contribution in [0.1, 0.15) is 33.3 Å². The Kier molecular flexibility index (Phi) is 3.37. The van der Waals surface area contributed by atoms with Gasteiger partial charge < -0.3 is 9.55 Å². The number of H-pyrrole nitrogens is 1. The van der Waals surface area contributed by atoms with Gasteiger partial charge in [-0.25, -0.2) is 0 Å². The summed E-state index contributed by atoms with van der Waals surface area (Å²) in [4.78, 5) is 3.30. The highest BCUT2D eigenvalue weighted by atomic mass is 32.1. The Bertz CT molecular complexity index is 613. The van der Waals surface area contributed by atoms with Gasteiger partial charge in [0.1, 0.15) is 0 Å². The molecule has 0 aliphatic carbocycles. The summed E-state index contributed by atoms with van der Waals surface area (Å²) in [6, 6.07) is 6.31. The van der Waals surface area contributed by atoms with Crippen molar-refractivity contribution < 1.29 is 0 Å². The standard InChI is InChI=1S/C15H22N2S/c1-10-7-6-8-12-13(10)17(14(18)16-12)9-11(2)15(3,4)5/h6-8,11H,9H2,1-5H3,(H,16,18). The summed E-state index contributed by atoms with van der Waals surface area (Å²) < 4.78 is 3.08. The van der Waals surface area contributed by atoms with E-state index in [4.69, 9.17) is 12.2 Å². The van der Waals surface area contributed by atoms with Crippen molar-refractivity contribution >= 4 is 23.3 Å². The number of aromatic amines is 1. The van der Waals surface area contributed by atoms with Crippen molar-refractivity contribution in [2.75, 3.05) is 0 Å². The maximum absolute atomic E-state index is 5.46. The minimum absolute atomic E-state index is 0.293. The van der Waals surface area contributed by atoms with Crippen molar-refractivity contribution in [3.63, 3.8) is 0 Å². The van der Waals surface area contributed by atoms with Crippen molar-refractivity contribution in [3.8, 4) is 0 Å². The number of rotatable bonds is 2. The molecule has 0 aliphatic heterocycles. The van der Waals surface area contributed by atoms with E-state index in [2.05, 4.69) is 62.4 Å². The van der Waals surface area contributed by atoms with Gasteiger partial charge in [-0.05, 0) is 42.1 Å². The third-order valence-electron chi connectivity index (χ3n) is 3.93. The molecule has 0 bridgehead atoms. The van der Waals surface area contributed by atoms with Crippen LogP contribution < -0.4 is 0 Å². The Balaban J connectivity index is 2.52. The predicted molar refractivity (Wildman–Crippen MR) is 80.5 cm³/mol. The second-order valence-electron chi connectivity index (χ2n) is 6.28. The number of hydrogen-bond donors (Lipinski definition) is 1. The summed E-state index contributed by atoms with van der Waals surface area (Å²) in [5.74, 6) is 0.572. The molecule has 0 amide bonds. The Labute approximate surface area is 114 Å². The van der Waals surface area contributed by atoms with Crippen molar-refractivity contribution in [2.45, 2.75) is 41.2 Å². The number of aromatic nitrogens is 2. The second-order valence-corrected chi connectivity index (χ2v) is 6.67. The zero-order valence-corrected chi connectivity index (χ0v) is 12.7. The van der Waals surface area contributed by atoms with Crippen LogP contribution in [0.5, 0.6) is 0 Å². The van der Waals surface area contributed by atoms with Gasteiger partial charge in [0.15, 0.2) is 4.77 Å². The zero-order chi connectivity index (χ0) is 13.5. The van der Waals surface area contributed by atoms with E-state index in [0.29, 0.717) is 11.3 Å². The summed E-state index contributed by atoms with van der Waals surface area (Å²) in [6.07, 6.45) is 0. The fourth-order valence-electron chi connectivity index (χ4n) is 2.12. The van der Waals surface area contributed by atoms with Gasteiger partial charge >= 0.3 is 0 Å². The van der Waals surface area contributed by atoms with Crippen LogP contribution in [0.25, 0.3) is 11.0 Å². The van der Waals surface area contributed by atoms with Crippen molar-refractivity contribution in [1.82, 2.24) is 9.55 Å². The van der Waals surface area contributed by atoms with E-state index in [-0.39, 0.29) is 0 Å². The van der Waals surface area contributed by atoms with Gasteiger partial charge in [-0.1, -0.05) is 39.8 Å². The van der Waals surface area contributed by atoms with Gasteiger partial charge in [0.2, 0.25) is 0 Å². The van der Waals surface area contributed by atoms with Gasteiger partial charge in [0, 0.05) is 6.54 Å². The number of para-hydroxylation sites is 1. The third-order valence-corrected chi connectivity index (χ3v) is 4.25. The molecular formula is C15H22N2S. The number of nitrogens with zero attached hydrogens (tertiary/aromatic N) is 1. The highest BCUT2D eigenvalue weighted by Crippen LogP contribution is 2.28. The van der Waals surface area contributed by atoms with Crippen LogP contribution in [0.2, 0.25) is 0 Å². The molecular weight excluding hydrogens is 240 g/mol. The molecule has 1 aromatic heterocycles. The van der Waals surface area contributed by atoms with Crippen LogP contribution in [-0.2, 0) is 6.54 Å². The van der Waals surface area contributed by atoms with E-state index < -0.39 is 0 Å². The SMILES string of the molecule is Cc1cccc2[nH]c(=S)n(CC(C)C(C)(C)C)c12. The summed E-state index contributed by atoms with van der Waals surface area (Å²) in [5, 5.41) is 0. The Morgan fingerprint density at radius 3 is 2.61 bits per heavy atom. The fourth-order valence-corrected chi connectivity index (χ4v) is 2.40. The molecule has 0 saturated carbocycles. The normalized spacial score (nSPS) is 14.1. The predicted octanol–water partition coefficient (Wildman–Crippen LogP) is 4.69. The molecule has 1 heterocycles. The first-order valence-corrected chi connectivity index (χ1v) is 6.89. The quantitative estimate of drug-likeness (QED) is 0.779. The van der Waals surface area contributed by atoms with E-state index >= 15 is 0 Å². The first-order chi connectivity index (χ1) is 8.30. The molecule has 2 rings (SSSR count). The average molecular weight is 262 g/mol. The van der Waals surface area contributed by atoms with Gasteiger partial charge in [-0.15, -0.1) is 0 Å². The number of imidazole rings is 1. The molecule has 0 spiro atoms. The summed E-state index contributed by atoms with van der Waals surface area (Å²) >= 11 is 5.46. The summed E-state index contributed by atoms with van der Waals surface area (Å²) in [7, 11) is 0. The molecule has 1 unspecified atom stereocenters. The van der Waals surface area contributed by atoms with Crippen molar-refractivity contribution in [1.29, 1.82) is 0 Å². The fraction of sp³-hybridized carbons (Fsp3) is 0.533. The molecule has 0 saturated heterocycles. The van der Waals surface area contributed by atoms with Gasteiger partial charge in [-0.2, -0.15) is 0 Å². The largest absolute Gasteiger partial charge is 0.331 e. The monoisotopic (exact) mass is 262 g/mol. The first-order valence-electron chi connectivity index (χ1n) is 6.49. The highest BCUT2D eigenvalue weighted by molar-refractivity contribution is 7.71. The van der Waals surface area contributed by atoms with Crippen molar-refractivity contribution in [2.24, 2.45) is 11.3 Å². The van der Waals surface area contributed by atoms with E-state index in [9.17, 15) is 0 Å². The van der Waals surface area contributed by atoms with Gasteiger partial charge in [-0.3, -0.25) is 0 Å². The van der Waals surface area contributed by atoms with Crippen LogP contribution in [-0.4, -0.2) is 9.55 Å². The smallest absolute Gasteiger partial charge is 0.178 e. The number of aryl methyl sites for hydroxylation is 1. The lowest BCUT2D eigenvalue weighted by Gasteiger charge is -2.27. The summed E-state index contributed by atoms with van der Waals surface area (Å²) in [5.41, 5.74) is 3.96. The topological polar surface area (TPSA) is 20.7 Å². The minimum Gasteiger partial charge on any atom is -0.331 e. The molecule has 1 atom stereocenters. The molecule has 2 aromatic rings. The van der Waals surface area contributed by atoms with Crippen LogP contribution in [0.4, 0.5) is 0 Å². The third kappa shape index (κ3) is 2.37. The zero-order valence-electron chi connectivity index (χ0n) is 11.9. The highest BCUT2D eigenvalue weighted by Gasteiger charge is 2.21. The molecule has 0 aliphatic rings. The molecule has 18 heavy (non-hydrogen) atoms. The Hall–Kier alpha value is -1.09.